The lowest BCUT2D eigenvalue weighted by Gasteiger charge is -2.26. The molecule has 1 rings (SSSR count). The predicted octanol–water partition coefficient (Wildman–Crippen LogP) is 3.78. The molecule has 0 spiro atoms. The molecule has 0 heterocycles. The van der Waals surface area contributed by atoms with Crippen LogP contribution in [0.15, 0.2) is 22.7 Å². The highest BCUT2D eigenvalue weighted by atomic mass is 79.9. The molecule has 0 atom stereocenters. The molecule has 2 nitrogen and oxygen atoms in total. The van der Waals surface area contributed by atoms with Crippen molar-refractivity contribution < 1.29 is 5.11 Å². The lowest BCUT2D eigenvalue weighted by Crippen LogP contribution is -2.29. The zero-order chi connectivity index (χ0) is 12.1. The first-order chi connectivity index (χ1) is 7.58. The van der Waals surface area contributed by atoms with Gasteiger partial charge in [0.25, 0.3) is 0 Å². The molecule has 0 bridgehead atoms. The third kappa shape index (κ3) is 3.49. The summed E-state index contributed by atoms with van der Waals surface area (Å²) in [6.45, 7) is 5.36. The summed E-state index contributed by atoms with van der Waals surface area (Å²) in [5, 5.41) is 9.42. The fourth-order valence-corrected chi connectivity index (χ4v) is 2.40. The topological polar surface area (TPSA) is 23.5 Å². The summed E-state index contributed by atoms with van der Waals surface area (Å²) in [6.07, 6.45) is 2.35. The lowest BCUT2D eigenvalue weighted by molar-refractivity contribution is 0.221. The van der Waals surface area contributed by atoms with Gasteiger partial charge in [0.15, 0.2) is 0 Å². The molecule has 0 saturated carbocycles. The second-order valence-corrected chi connectivity index (χ2v) is 5.03. The van der Waals surface area contributed by atoms with E-state index in [1.165, 1.54) is 18.4 Å². The molecule has 0 aromatic heterocycles. The van der Waals surface area contributed by atoms with Gasteiger partial charge in [-0.15, -0.1) is 0 Å². The van der Waals surface area contributed by atoms with Crippen LogP contribution in [0.25, 0.3) is 0 Å². The number of rotatable bonds is 5. The molecule has 16 heavy (non-hydrogen) atoms. The summed E-state index contributed by atoms with van der Waals surface area (Å²) in [4.78, 5) is 2.36. The van der Waals surface area contributed by atoms with E-state index in [0.29, 0.717) is 11.8 Å². The van der Waals surface area contributed by atoms with Gasteiger partial charge in [-0.2, -0.15) is 0 Å². The van der Waals surface area contributed by atoms with Gasteiger partial charge < -0.3 is 5.11 Å². The van der Waals surface area contributed by atoms with E-state index in [4.69, 9.17) is 0 Å². The van der Waals surface area contributed by atoms with Crippen molar-refractivity contribution in [3.8, 4) is 5.75 Å². The molecule has 1 aromatic rings. The van der Waals surface area contributed by atoms with E-state index in [0.717, 1.165) is 11.0 Å². The molecular weight excluding hydrogens is 266 g/mol. The molecule has 0 aliphatic rings. The lowest BCUT2D eigenvalue weighted by atomic mass is 10.1. The Kier molecular flexibility index (Phi) is 5.29. The average molecular weight is 286 g/mol. The standard InChI is InChI=1S/C13H20BrNO/c1-4-11(5-2)15(3)9-10-6-7-13(16)12(14)8-10/h6-8,11,16H,4-5,9H2,1-3H3. The summed E-state index contributed by atoms with van der Waals surface area (Å²) in [6, 6.07) is 6.32. The quantitative estimate of drug-likeness (QED) is 0.890. The average Bonchev–Trinajstić information content (AvgIpc) is 2.25. The SMILES string of the molecule is CCC(CC)N(C)Cc1ccc(O)c(Br)c1. The van der Waals surface area contributed by atoms with Gasteiger partial charge in [-0.1, -0.05) is 19.9 Å². The van der Waals surface area contributed by atoms with Crippen molar-refractivity contribution in [2.75, 3.05) is 7.05 Å². The Balaban J connectivity index is 2.69. The molecule has 1 N–H and O–H groups in total. The highest BCUT2D eigenvalue weighted by Crippen LogP contribution is 2.25. The maximum atomic E-state index is 9.42. The van der Waals surface area contributed by atoms with Gasteiger partial charge in [0, 0.05) is 12.6 Å². The molecule has 1 aromatic carbocycles. The van der Waals surface area contributed by atoms with Crippen LogP contribution in [0.4, 0.5) is 0 Å². The third-order valence-corrected chi connectivity index (χ3v) is 3.65. The molecular formula is C13H20BrNO. The number of phenolic OH excluding ortho intramolecular Hbond substituents is 1. The van der Waals surface area contributed by atoms with Crippen molar-refractivity contribution in [2.45, 2.75) is 39.3 Å². The van der Waals surface area contributed by atoms with Crippen LogP contribution in [0.2, 0.25) is 0 Å². The molecule has 0 aliphatic carbocycles. The molecule has 0 unspecified atom stereocenters. The molecule has 0 radical (unpaired) electrons. The highest BCUT2D eigenvalue weighted by Gasteiger charge is 2.11. The van der Waals surface area contributed by atoms with Gasteiger partial charge in [0.1, 0.15) is 5.75 Å². The largest absolute Gasteiger partial charge is 0.507 e. The van der Waals surface area contributed by atoms with Gasteiger partial charge in [-0.25, -0.2) is 0 Å². The van der Waals surface area contributed by atoms with Gasteiger partial charge in [-0.3, -0.25) is 4.90 Å². The molecule has 0 fully saturated rings. The number of hydrogen-bond donors (Lipinski definition) is 1. The van der Waals surface area contributed by atoms with Crippen molar-refractivity contribution in [3.63, 3.8) is 0 Å². The number of nitrogens with zero attached hydrogens (tertiary/aromatic N) is 1. The number of benzene rings is 1. The molecule has 0 amide bonds. The molecule has 0 saturated heterocycles. The fraction of sp³-hybridized carbons (Fsp3) is 0.538. The van der Waals surface area contributed by atoms with Crippen LogP contribution in [-0.4, -0.2) is 23.1 Å². The van der Waals surface area contributed by atoms with Crippen molar-refractivity contribution in [1.82, 2.24) is 4.90 Å². The maximum Gasteiger partial charge on any atom is 0.129 e. The minimum atomic E-state index is 0.300. The second-order valence-electron chi connectivity index (χ2n) is 4.17. The second kappa shape index (κ2) is 6.26. The van der Waals surface area contributed by atoms with Crippen molar-refractivity contribution in [3.05, 3.63) is 28.2 Å². The molecule has 3 heteroatoms. The minimum Gasteiger partial charge on any atom is -0.507 e. The summed E-state index contributed by atoms with van der Waals surface area (Å²) in [7, 11) is 2.15. The van der Waals surface area contributed by atoms with Crippen LogP contribution in [0.3, 0.4) is 0 Å². The third-order valence-electron chi connectivity index (χ3n) is 3.01. The van der Waals surface area contributed by atoms with E-state index in [-0.39, 0.29) is 0 Å². The van der Waals surface area contributed by atoms with E-state index in [9.17, 15) is 5.11 Å². The molecule has 90 valence electrons. The van der Waals surface area contributed by atoms with E-state index in [2.05, 4.69) is 41.7 Å². The Bertz CT molecular complexity index is 337. The first-order valence-corrected chi connectivity index (χ1v) is 6.55. The first-order valence-electron chi connectivity index (χ1n) is 5.76. The minimum absolute atomic E-state index is 0.300. The van der Waals surface area contributed by atoms with E-state index in [1.54, 1.807) is 6.07 Å². The van der Waals surface area contributed by atoms with Crippen LogP contribution >= 0.6 is 15.9 Å². The van der Waals surface area contributed by atoms with Gasteiger partial charge in [-0.05, 0) is 53.5 Å². The smallest absolute Gasteiger partial charge is 0.129 e. The first kappa shape index (κ1) is 13.5. The summed E-state index contributed by atoms with van der Waals surface area (Å²) in [5.74, 6) is 0.300. The van der Waals surface area contributed by atoms with Crippen LogP contribution in [0.5, 0.6) is 5.75 Å². The Labute approximate surface area is 106 Å². The highest BCUT2D eigenvalue weighted by molar-refractivity contribution is 9.10. The summed E-state index contributed by atoms with van der Waals surface area (Å²) in [5.41, 5.74) is 1.22. The van der Waals surface area contributed by atoms with Crippen LogP contribution in [0.1, 0.15) is 32.3 Å². The fourth-order valence-electron chi connectivity index (χ4n) is 1.98. The number of phenols is 1. The van der Waals surface area contributed by atoms with E-state index < -0.39 is 0 Å². The summed E-state index contributed by atoms with van der Waals surface area (Å²) < 4.78 is 0.767. The Morgan fingerprint density at radius 3 is 2.44 bits per heavy atom. The number of aromatic hydroxyl groups is 1. The normalized spacial score (nSPS) is 11.4. The Hall–Kier alpha value is -0.540. The monoisotopic (exact) mass is 285 g/mol. The van der Waals surface area contributed by atoms with Gasteiger partial charge in [0.05, 0.1) is 4.47 Å². The summed E-state index contributed by atoms with van der Waals surface area (Å²) >= 11 is 3.34. The van der Waals surface area contributed by atoms with Crippen LogP contribution in [0, 0.1) is 0 Å². The Morgan fingerprint density at radius 1 is 1.31 bits per heavy atom. The molecule has 0 aliphatic heterocycles. The van der Waals surface area contributed by atoms with Crippen molar-refractivity contribution in [2.24, 2.45) is 0 Å². The van der Waals surface area contributed by atoms with Gasteiger partial charge >= 0.3 is 0 Å². The van der Waals surface area contributed by atoms with Crippen molar-refractivity contribution >= 4 is 15.9 Å². The van der Waals surface area contributed by atoms with Gasteiger partial charge in [0.2, 0.25) is 0 Å². The van der Waals surface area contributed by atoms with E-state index >= 15 is 0 Å². The number of hydrogen-bond acceptors (Lipinski definition) is 2. The zero-order valence-electron chi connectivity index (χ0n) is 10.2. The predicted molar refractivity (Wildman–Crippen MR) is 71.6 cm³/mol. The van der Waals surface area contributed by atoms with E-state index in [1.807, 2.05) is 12.1 Å². The van der Waals surface area contributed by atoms with Crippen molar-refractivity contribution in [1.29, 1.82) is 0 Å². The number of halogens is 1. The zero-order valence-corrected chi connectivity index (χ0v) is 11.8. The maximum absolute atomic E-state index is 9.42. The van der Waals surface area contributed by atoms with Crippen LogP contribution in [-0.2, 0) is 6.54 Å². The van der Waals surface area contributed by atoms with Crippen LogP contribution < -0.4 is 0 Å². The Morgan fingerprint density at radius 2 is 1.94 bits per heavy atom.